The second kappa shape index (κ2) is 6.33. The first kappa shape index (κ1) is 17.1. The fraction of sp³-hybridized carbons (Fsp3) is 1.00. The Labute approximate surface area is 111 Å². The molecule has 0 spiro atoms. The summed E-state index contributed by atoms with van der Waals surface area (Å²) in [4.78, 5) is 0. The summed E-state index contributed by atoms with van der Waals surface area (Å²) in [7, 11) is -3.36. The Hall–Kier alpha value is 0.120. The van der Waals surface area contributed by atoms with E-state index >= 15 is 0 Å². The second-order valence-electron chi connectivity index (χ2n) is 5.27. The van der Waals surface area contributed by atoms with Crippen LogP contribution in [0.2, 0.25) is 0 Å². The Bertz CT molecular complexity index is 327. The van der Waals surface area contributed by atoms with Crippen molar-refractivity contribution in [2.24, 2.45) is 5.73 Å². The SMILES string of the molecule is CC1CCCCN1S(=O)(=O)NCC(C)(C)N.Cl. The summed E-state index contributed by atoms with van der Waals surface area (Å²) in [6, 6.07) is 0.0899. The van der Waals surface area contributed by atoms with Crippen molar-refractivity contribution in [3.05, 3.63) is 0 Å². The summed E-state index contributed by atoms with van der Waals surface area (Å²) in [6.45, 7) is 6.43. The molecule has 0 radical (unpaired) electrons. The second-order valence-corrected chi connectivity index (χ2v) is 6.98. The molecule has 0 amide bonds. The first-order valence-electron chi connectivity index (χ1n) is 5.78. The van der Waals surface area contributed by atoms with Gasteiger partial charge in [-0.15, -0.1) is 12.4 Å². The molecule has 1 heterocycles. The molecule has 1 saturated heterocycles. The van der Waals surface area contributed by atoms with Crippen molar-refractivity contribution in [3.63, 3.8) is 0 Å². The minimum atomic E-state index is -3.36. The van der Waals surface area contributed by atoms with Crippen LogP contribution in [0.25, 0.3) is 0 Å². The van der Waals surface area contributed by atoms with Gasteiger partial charge in [0.15, 0.2) is 0 Å². The molecule has 1 atom stereocenters. The maximum Gasteiger partial charge on any atom is 0.279 e. The topological polar surface area (TPSA) is 75.4 Å². The van der Waals surface area contributed by atoms with Crippen LogP contribution < -0.4 is 10.5 Å². The lowest BCUT2D eigenvalue weighted by Crippen LogP contribution is -2.52. The highest BCUT2D eigenvalue weighted by Crippen LogP contribution is 2.19. The first-order valence-corrected chi connectivity index (χ1v) is 7.22. The molecule has 104 valence electrons. The van der Waals surface area contributed by atoms with Crippen LogP contribution >= 0.6 is 12.4 Å². The monoisotopic (exact) mass is 285 g/mol. The predicted octanol–water partition coefficient (Wildman–Crippen LogP) is 0.854. The van der Waals surface area contributed by atoms with Gasteiger partial charge < -0.3 is 5.73 Å². The van der Waals surface area contributed by atoms with E-state index in [4.69, 9.17) is 5.73 Å². The maximum absolute atomic E-state index is 12.0. The molecular formula is C10H24ClN3O2S. The van der Waals surface area contributed by atoms with E-state index < -0.39 is 15.7 Å². The van der Waals surface area contributed by atoms with Crippen LogP contribution in [0.1, 0.15) is 40.0 Å². The van der Waals surface area contributed by atoms with Crippen LogP contribution in [0.5, 0.6) is 0 Å². The third-order valence-electron chi connectivity index (χ3n) is 2.76. The maximum atomic E-state index is 12.0. The standard InChI is InChI=1S/C10H23N3O2S.ClH/c1-9-6-4-5-7-13(9)16(14,15)12-8-10(2,3)11;/h9,12H,4-8,11H2,1-3H3;1H. The van der Waals surface area contributed by atoms with Crippen LogP contribution in [-0.4, -0.2) is 37.4 Å². The Kier molecular flexibility index (Phi) is 6.38. The molecule has 1 unspecified atom stereocenters. The van der Waals surface area contributed by atoms with Crippen molar-refractivity contribution < 1.29 is 8.42 Å². The van der Waals surface area contributed by atoms with Gasteiger partial charge >= 0.3 is 0 Å². The molecule has 0 aromatic rings. The quantitative estimate of drug-likeness (QED) is 0.804. The lowest BCUT2D eigenvalue weighted by molar-refractivity contribution is 0.264. The molecule has 0 bridgehead atoms. The zero-order valence-electron chi connectivity index (χ0n) is 10.8. The number of nitrogens with one attached hydrogen (secondary N) is 1. The molecule has 3 N–H and O–H groups in total. The van der Waals surface area contributed by atoms with Crippen LogP contribution in [0, 0.1) is 0 Å². The number of hydrogen-bond acceptors (Lipinski definition) is 3. The molecule has 0 saturated carbocycles. The van der Waals surface area contributed by atoms with E-state index in [0.717, 1.165) is 19.3 Å². The first-order chi connectivity index (χ1) is 7.22. The van der Waals surface area contributed by atoms with Gasteiger partial charge in [0.25, 0.3) is 10.2 Å². The largest absolute Gasteiger partial charge is 0.324 e. The van der Waals surface area contributed by atoms with Crippen molar-refractivity contribution in [2.45, 2.75) is 51.6 Å². The highest BCUT2D eigenvalue weighted by Gasteiger charge is 2.30. The lowest BCUT2D eigenvalue weighted by atomic mass is 10.1. The fourth-order valence-electron chi connectivity index (χ4n) is 1.79. The molecule has 7 heteroatoms. The van der Waals surface area contributed by atoms with E-state index in [1.54, 1.807) is 18.2 Å². The van der Waals surface area contributed by atoms with E-state index in [1.807, 2.05) is 6.92 Å². The number of nitrogens with zero attached hydrogens (tertiary/aromatic N) is 1. The number of halogens is 1. The summed E-state index contributed by atoms with van der Waals surface area (Å²) >= 11 is 0. The summed E-state index contributed by atoms with van der Waals surface area (Å²) in [6.07, 6.45) is 2.99. The smallest absolute Gasteiger partial charge is 0.279 e. The molecule has 1 rings (SSSR count). The average Bonchev–Trinajstić information content (AvgIpc) is 2.14. The minimum absolute atomic E-state index is 0. The van der Waals surface area contributed by atoms with E-state index in [-0.39, 0.29) is 25.0 Å². The van der Waals surface area contributed by atoms with Crippen molar-refractivity contribution in [2.75, 3.05) is 13.1 Å². The van der Waals surface area contributed by atoms with E-state index in [2.05, 4.69) is 4.72 Å². The van der Waals surface area contributed by atoms with Gasteiger partial charge in [0.1, 0.15) is 0 Å². The van der Waals surface area contributed by atoms with Gasteiger partial charge in [0, 0.05) is 24.7 Å². The van der Waals surface area contributed by atoms with Crippen LogP contribution in [-0.2, 0) is 10.2 Å². The molecule has 0 aliphatic carbocycles. The minimum Gasteiger partial charge on any atom is -0.324 e. The molecule has 0 aromatic heterocycles. The molecule has 17 heavy (non-hydrogen) atoms. The third kappa shape index (κ3) is 5.52. The summed E-state index contributed by atoms with van der Waals surface area (Å²) < 4.78 is 28.1. The zero-order valence-corrected chi connectivity index (χ0v) is 12.4. The number of piperidine rings is 1. The Morgan fingerprint density at radius 2 is 2.00 bits per heavy atom. The lowest BCUT2D eigenvalue weighted by Gasteiger charge is -2.33. The van der Waals surface area contributed by atoms with Gasteiger partial charge in [-0.05, 0) is 33.6 Å². The summed E-state index contributed by atoms with van der Waals surface area (Å²) in [5.41, 5.74) is 5.24. The van der Waals surface area contributed by atoms with Gasteiger partial charge in [-0.1, -0.05) is 6.42 Å². The molecule has 0 aromatic carbocycles. The number of hydrogen-bond donors (Lipinski definition) is 2. The average molecular weight is 286 g/mol. The molecule has 5 nitrogen and oxygen atoms in total. The van der Waals surface area contributed by atoms with Crippen molar-refractivity contribution >= 4 is 22.6 Å². The van der Waals surface area contributed by atoms with Gasteiger partial charge in [-0.2, -0.15) is 12.7 Å². The molecule has 1 aliphatic rings. The highest BCUT2D eigenvalue weighted by molar-refractivity contribution is 7.87. The van der Waals surface area contributed by atoms with Crippen molar-refractivity contribution in [1.29, 1.82) is 0 Å². The fourth-order valence-corrected chi connectivity index (χ4v) is 3.46. The zero-order chi connectivity index (χ0) is 12.4. The predicted molar refractivity (Wildman–Crippen MR) is 72.5 cm³/mol. The van der Waals surface area contributed by atoms with Crippen molar-refractivity contribution in [3.8, 4) is 0 Å². The normalized spacial score (nSPS) is 23.2. The van der Waals surface area contributed by atoms with E-state index in [0.29, 0.717) is 6.54 Å². The van der Waals surface area contributed by atoms with Gasteiger partial charge in [-0.3, -0.25) is 0 Å². The number of rotatable bonds is 4. The Morgan fingerprint density at radius 3 is 2.47 bits per heavy atom. The Balaban J connectivity index is 0.00000256. The van der Waals surface area contributed by atoms with Crippen LogP contribution in [0.4, 0.5) is 0 Å². The summed E-state index contributed by atoms with van der Waals surface area (Å²) in [5.74, 6) is 0. The number of nitrogens with two attached hydrogens (primary N) is 1. The molecule has 1 fully saturated rings. The molecular weight excluding hydrogens is 262 g/mol. The Morgan fingerprint density at radius 1 is 1.41 bits per heavy atom. The van der Waals surface area contributed by atoms with Crippen LogP contribution in [0.3, 0.4) is 0 Å². The van der Waals surface area contributed by atoms with Crippen LogP contribution in [0.15, 0.2) is 0 Å². The van der Waals surface area contributed by atoms with Gasteiger partial charge in [0.05, 0.1) is 0 Å². The van der Waals surface area contributed by atoms with E-state index in [9.17, 15) is 8.42 Å². The van der Waals surface area contributed by atoms with E-state index in [1.165, 1.54) is 0 Å². The third-order valence-corrected chi connectivity index (χ3v) is 4.43. The van der Waals surface area contributed by atoms with Gasteiger partial charge in [-0.25, -0.2) is 4.72 Å². The summed E-state index contributed by atoms with van der Waals surface area (Å²) in [5, 5.41) is 0. The molecule has 1 aliphatic heterocycles. The highest BCUT2D eigenvalue weighted by atomic mass is 35.5. The van der Waals surface area contributed by atoms with Crippen molar-refractivity contribution in [1.82, 2.24) is 9.03 Å². The van der Waals surface area contributed by atoms with Gasteiger partial charge in [0.2, 0.25) is 0 Å².